The number of halogens is 3. The molecule has 0 unspecified atom stereocenters. The monoisotopic (exact) mass is 413 g/mol. The lowest BCUT2D eigenvalue weighted by Gasteiger charge is -2.07. The van der Waals surface area contributed by atoms with E-state index in [-0.39, 0.29) is 11.3 Å². The highest BCUT2D eigenvalue weighted by molar-refractivity contribution is 5.94. The van der Waals surface area contributed by atoms with E-state index >= 15 is 0 Å². The summed E-state index contributed by atoms with van der Waals surface area (Å²) in [4.78, 5) is 20.5. The molecule has 4 nitrogen and oxygen atoms in total. The Bertz CT molecular complexity index is 1090. The average molecular weight is 413 g/mol. The Morgan fingerprint density at radius 1 is 1.13 bits per heavy atom. The second-order valence-corrected chi connectivity index (χ2v) is 7.19. The van der Waals surface area contributed by atoms with Gasteiger partial charge < -0.3 is 5.73 Å². The number of carbonyl (C=O) groups is 1. The van der Waals surface area contributed by atoms with Crippen LogP contribution in [0.15, 0.2) is 48.7 Å². The third kappa shape index (κ3) is 5.65. The van der Waals surface area contributed by atoms with Crippen LogP contribution in [0.1, 0.15) is 41.6 Å². The van der Waals surface area contributed by atoms with Crippen molar-refractivity contribution in [2.75, 3.05) is 5.73 Å². The number of anilines is 1. The van der Waals surface area contributed by atoms with E-state index in [1.165, 1.54) is 18.3 Å². The van der Waals surface area contributed by atoms with Gasteiger partial charge in [-0.2, -0.15) is 13.2 Å². The molecule has 0 saturated carbocycles. The molecule has 0 spiro atoms. The molecule has 0 amide bonds. The topological polar surface area (TPSA) is 68.9 Å². The molecule has 0 aliphatic rings. The Morgan fingerprint density at radius 2 is 1.93 bits per heavy atom. The fraction of sp³-hybridized carbons (Fsp3) is 0.261. The summed E-state index contributed by atoms with van der Waals surface area (Å²) in [5.74, 6) is 0.518. The van der Waals surface area contributed by atoms with Crippen LogP contribution in [0.25, 0.3) is 17.0 Å². The number of aryl methyl sites for hydroxylation is 2. The smallest absolute Gasteiger partial charge is 0.383 e. The molecule has 0 aliphatic carbocycles. The van der Waals surface area contributed by atoms with Gasteiger partial charge in [0.1, 0.15) is 5.82 Å². The molecule has 30 heavy (non-hydrogen) atoms. The molecule has 3 rings (SSSR count). The van der Waals surface area contributed by atoms with E-state index in [2.05, 4.69) is 9.97 Å². The van der Waals surface area contributed by atoms with E-state index in [1.807, 2.05) is 19.1 Å². The molecular weight excluding hydrogens is 391 g/mol. The first-order valence-electron chi connectivity index (χ1n) is 9.62. The van der Waals surface area contributed by atoms with E-state index in [0.717, 1.165) is 42.7 Å². The van der Waals surface area contributed by atoms with Crippen LogP contribution < -0.4 is 5.73 Å². The van der Waals surface area contributed by atoms with E-state index < -0.39 is 11.7 Å². The van der Waals surface area contributed by atoms with Gasteiger partial charge in [-0.3, -0.25) is 9.78 Å². The summed E-state index contributed by atoms with van der Waals surface area (Å²) in [5, 5.41) is 0.586. The van der Waals surface area contributed by atoms with E-state index in [0.29, 0.717) is 23.2 Å². The predicted molar refractivity (Wildman–Crippen MR) is 112 cm³/mol. The van der Waals surface area contributed by atoms with E-state index in [4.69, 9.17) is 5.73 Å². The SMILES string of the molecule is Cc1ccc(CCCCC(=O)C=Cc2cnc3cc(C(F)(F)F)ccc3c2)nc1N. The molecule has 2 heterocycles. The van der Waals surface area contributed by atoms with Crippen molar-refractivity contribution in [1.29, 1.82) is 0 Å². The maximum atomic E-state index is 12.8. The van der Waals surface area contributed by atoms with Crippen molar-refractivity contribution in [3.05, 3.63) is 71.1 Å². The number of allylic oxidation sites excluding steroid dienone is 1. The van der Waals surface area contributed by atoms with Crippen LogP contribution in [0, 0.1) is 6.92 Å². The second-order valence-electron chi connectivity index (χ2n) is 7.19. The van der Waals surface area contributed by atoms with Crippen molar-refractivity contribution in [2.45, 2.75) is 38.8 Å². The highest BCUT2D eigenvalue weighted by Gasteiger charge is 2.30. The number of hydrogen-bond donors (Lipinski definition) is 1. The van der Waals surface area contributed by atoms with Gasteiger partial charge >= 0.3 is 6.18 Å². The van der Waals surface area contributed by atoms with Crippen LogP contribution in [0.3, 0.4) is 0 Å². The fourth-order valence-electron chi connectivity index (χ4n) is 3.01. The Balaban J connectivity index is 1.52. The van der Waals surface area contributed by atoms with Crippen LogP contribution in [-0.4, -0.2) is 15.8 Å². The van der Waals surface area contributed by atoms with Gasteiger partial charge in [-0.1, -0.05) is 12.1 Å². The van der Waals surface area contributed by atoms with Crippen LogP contribution in [0.5, 0.6) is 0 Å². The number of unbranched alkanes of at least 4 members (excludes halogenated alkanes) is 1. The van der Waals surface area contributed by atoms with Crippen molar-refractivity contribution >= 4 is 28.6 Å². The summed E-state index contributed by atoms with van der Waals surface area (Å²) >= 11 is 0. The molecule has 0 aliphatic heterocycles. The average Bonchev–Trinajstić information content (AvgIpc) is 2.71. The van der Waals surface area contributed by atoms with Crippen molar-refractivity contribution in [3.63, 3.8) is 0 Å². The Morgan fingerprint density at radius 3 is 2.67 bits per heavy atom. The molecule has 7 heteroatoms. The molecule has 3 aromatic rings. The number of pyridine rings is 2. The zero-order valence-electron chi connectivity index (χ0n) is 16.5. The molecule has 156 valence electrons. The Kier molecular flexibility index (Phi) is 6.50. The number of rotatable bonds is 7. The molecule has 1 aromatic carbocycles. The molecule has 0 bridgehead atoms. The van der Waals surface area contributed by atoms with Gasteiger partial charge in [-0.25, -0.2) is 4.98 Å². The van der Waals surface area contributed by atoms with Crippen molar-refractivity contribution in [1.82, 2.24) is 9.97 Å². The number of fused-ring (bicyclic) bond motifs is 1. The Hall–Kier alpha value is -3.22. The van der Waals surface area contributed by atoms with Gasteiger partial charge in [0.2, 0.25) is 0 Å². The molecule has 2 aromatic heterocycles. The maximum Gasteiger partial charge on any atom is 0.416 e. The summed E-state index contributed by atoms with van der Waals surface area (Å²) in [6, 6.07) is 9.02. The third-order valence-electron chi connectivity index (χ3n) is 4.79. The number of nitrogens with zero attached hydrogens (tertiary/aromatic N) is 2. The molecule has 0 saturated heterocycles. The van der Waals surface area contributed by atoms with Crippen LogP contribution >= 0.6 is 0 Å². The largest absolute Gasteiger partial charge is 0.416 e. The highest BCUT2D eigenvalue weighted by atomic mass is 19.4. The number of ketones is 1. The van der Waals surface area contributed by atoms with Crippen molar-refractivity contribution in [2.24, 2.45) is 0 Å². The second kappa shape index (κ2) is 9.07. The van der Waals surface area contributed by atoms with E-state index in [9.17, 15) is 18.0 Å². The first kappa shape index (κ1) is 21.5. The van der Waals surface area contributed by atoms with Gasteiger partial charge in [-0.15, -0.1) is 0 Å². The summed E-state index contributed by atoms with van der Waals surface area (Å²) in [5.41, 5.74) is 7.85. The fourth-order valence-corrected chi connectivity index (χ4v) is 3.01. The van der Waals surface area contributed by atoms with Crippen LogP contribution in [0.4, 0.5) is 19.0 Å². The lowest BCUT2D eigenvalue weighted by Crippen LogP contribution is -2.04. The van der Waals surface area contributed by atoms with Gasteiger partial charge in [-0.05, 0) is 73.7 Å². The highest BCUT2D eigenvalue weighted by Crippen LogP contribution is 2.31. The van der Waals surface area contributed by atoms with Crippen molar-refractivity contribution < 1.29 is 18.0 Å². The lowest BCUT2D eigenvalue weighted by molar-refractivity contribution is -0.137. The lowest BCUT2D eigenvalue weighted by atomic mass is 10.1. The van der Waals surface area contributed by atoms with Crippen LogP contribution in [-0.2, 0) is 17.4 Å². The minimum atomic E-state index is -4.40. The Labute approximate surface area is 172 Å². The first-order chi connectivity index (χ1) is 14.2. The molecular formula is C23H22F3N3O. The zero-order chi connectivity index (χ0) is 21.7. The quantitative estimate of drug-likeness (QED) is 0.408. The molecule has 0 radical (unpaired) electrons. The zero-order valence-corrected chi connectivity index (χ0v) is 16.5. The number of nitrogen functional groups attached to an aromatic ring is 1. The van der Waals surface area contributed by atoms with Gasteiger partial charge in [0.05, 0.1) is 11.1 Å². The molecule has 2 N–H and O–H groups in total. The minimum Gasteiger partial charge on any atom is -0.383 e. The summed E-state index contributed by atoms with van der Waals surface area (Å²) in [7, 11) is 0. The van der Waals surface area contributed by atoms with Gasteiger partial charge in [0.25, 0.3) is 0 Å². The number of benzene rings is 1. The summed E-state index contributed by atoms with van der Waals surface area (Å²) < 4.78 is 38.3. The number of nitrogens with two attached hydrogens (primary N) is 1. The van der Waals surface area contributed by atoms with Gasteiger partial charge in [0.15, 0.2) is 5.78 Å². The normalized spacial score (nSPS) is 12.0. The van der Waals surface area contributed by atoms with Gasteiger partial charge in [0, 0.05) is 23.7 Å². The molecule has 0 atom stereocenters. The third-order valence-corrected chi connectivity index (χ3v) is 4.79. The van der Waals surface area contributed by atoms with Crippen molar-refractivity contribution in [3.8, 4) is 0 Å². The summed E-state index contributed by atoms with van der Waals surface area (Å²) in [6.45, 7) is 1.90. The summed E-state index contributed by atoms with van der Waals surface area (Å²) in [6.07, 6.45) is 2.90. The number of carbonyl (C=O) groups excluding carboxylic acids is 1. The minimum absolute atomic E-state index is 0.0149. The number of aromatic nitrogens is 2. The first-order valence-corrected chi connectivity index (χ1v) is 9.62. The van der Waals surface area contributed by atoms with Crippen LogP contribution in [0.2, 0.25) is 0 Å². The predicted octanol–water partition coefficient (Wildman–Crippen LogP) is 5.53. The standard InChI is InChI=1S/C23H22F3N3O/c1-15-6-10-19(29-22(15)27)4-2-3-5-20(30)11-7-16-12-17-8-9-18(23(24,25)26)13-21(17)28-14-16/h6-14H,2-5H2,1H3,(H2,27,29). The maximum absolute atomic E-state index is 12.8. The van der Waals surface area contributed by atoms with E-state index in [1.54, 1.807) is 12.1 Å². The number of hydrogen-bond acceptors (Lipinski definition) is 4. The molecule has 0 fully saturated rings. The number of alkyl halides is 3.